The number of hydrogen-bond donors (Lipinski definition) is 2. The number of rotatable bonds is 9. The minimum atomic E-state index is -0.614. The summed E-state index contributed by atoms with van der Waals surface area (Å²) >= 11 is 0. The molecular formula is C22H24N4O2. The quantitative estimate of drug-likeness (QED) is 0.660. The first kappa shape index (κ1) is 19.6. The van der Waals surface area contributed by atoms with Crippen molar-refractivity contribution in [1.29, 1.82) is 0 Å². The van der Waals surface area contributed by atoms with Gasteiger partial charge in [-0.2, -0.15) is 10.2 Å². The Morgan fingerprint density at radius 3 is 2.64 bits per heavy atom. The maximum absolute atomic E-state index is 12.4. The van der Waals surface area contributed by atoms with Crippen molar-refractivity contribution < 1.29 is 9.59 Å². The molecule has 1 aliphatic rings. The van der Waals surface area contributed by atoms with E-state index in [0.29, 0.717) is 25.8 Å². The SMILES string of the molecule is C#CCCC1(CCNC(=O)C(C)NC(=O)Cc2cccc3ccccc23)N=N1. The van der Waals surface area contributed by atoms with E-state index in [2.05, 4.69) is 26.8 Å². The van der Waals surface area contributed by atoms with Crippen LogP contribution >= 0.6 is 0 Å². The number of benzene rings is 2. The Labute approximate surface area is 164 Å². The summed E-state index contributed by atoms with van der Waals surface area (Å²) in [7, 11) is 0. The second-order valence-electron chi connectivity index (χ2n) is 7.03. The molecule has 0 saturated heterocycles. The number of carbonyl (C=O) groups is 2. The van der Waals surface area contributed by atoms with Crippen LogP contribution < -0.4 is 10.6 Å². The van der Waals surface area contributed by atoms with Gasteiger partial charge in [0.1, 0.15) is 6.04 Å². The van der Waals surface area contributed by atoms with E-state index in [1.54, 1.807) is 6.92 Å². The Hall–Kier alpha value is -3.20. The monoisotopic (exact) mass is 376 g/mol. The van der Waals surface area contributed by atoms with Gasteiger partial charge in [0.2, 0.25) is 11.8 Å². The van der Waals surface area contributed by atoms with E-state index in [0.717, 1.165) is 16.3 Å². The second-order valence-corrected chi connectivity index (χ2v) is 7.03. The van der Waals surface area contributed by atoms with Crippen LogP contribution in [-0.2, 0) is 16.0 Å². The van der Waals surface area contributed by atoms with Gasteiger partial charge in [0, 0.05) is 25.8 Å². The molecule has 2 aromatic carbocycles. The molecule has 0 fully saturated rings. The maximum atomic E-state index is 12.4. The highest BCUT2D eigenvalue weighted by molar-refractivity contribution is 5.92. The minimum absolute atomic E-state index is 0.184. The van der Waals surface area contributed by atoms with Crippen LogP contribution in [0.15, 0.2) is 52.7 Å². The summed E-state index contributed by atoms with van der Waals surface area (Å²) in [4.78, 5) is 24.6. The Morgan fingerprint density at radius 2 is 1.89 bits per heavy atom. The standard InChI is InChI=1S/C22H24N4O2/c1-3-4-12-22(25-26-22)13-14-23-21(28)16(2)24-20(27)15-18-10-7-9-17-8-5-6-11-19(17)18/h1,5-11,16H,4,12-15H2,2H3,(H,23,28)(H,24,27). The van der Waals surface area contributed by atoms with Crippen LogP contribution in [-0.4, -0.2) is 30.1 Å². The fourth-order valence-electron chi connectivity index (χ4n) is 3.18. The number of amides is 2. The number of terminal acetylenes is 1. The van der Waals surface area contributed by atoms with Crippen LogP contribution in [0.5, 0.6) is 0 Å². The van der Waals surface area contributed by atoms with Gasteiger partial charge in [0.15, 0.2) is 5.66 Å². The summed E-state index contributed by atoms with van der Waals surface area (Å²) in [5.74, 6) is 2.17. The molecule has 144 valence electrons. The van der Waals surface area contributed by atoms with Crippen LogP contribution in [0.3, 0.4) is 0 Å². The summed E-state index contributed by atoms with van der Waals surface area (Å²) < 4.78 is 0. The maximum Gasteiger partial charge on any atom is 0.242 e. The molecule has 28 heavy (non-hydrogen) atoms. The average Bonchev–Trinajstić information content (AvgIpc) is 3.46. The Bertz CT molecular complexity index is 934. The molecule has 0 aromatic heterocycles. The number of hydrogen-bond acceptors (Lipinski definition) is 4. The van der Waals surface area contributed by atoms with Crippen LogP contribution in [0.2, 0.25) is 0 Å². The fraction of sp³-hybridized carbons (Fsp3) is 0.364. The van der Waals surface area contributed by atoms with E-state index in [-0.39, 0.29) is 18.2 Å². The van der Waals surface area contributed by atoms with Gasteiger partial charge in [-0.05, 0) is 23.3 Å². The van der Waals surface area contributed by atoms with E-state index in [1.165, 1.54) is 0 Å². The number of nitrogens with zero attached hydrogens (tertiary/aromatic N) is 2. The van der Waals surface area contributed by atoms with Crippen molar-refractivity contribution in [3.63, 3.8) is 0 Å². The minimum Gasteiger partial charge on any atom is -0.354 e. The first-order valence-corrected chi connectivity index (χ1v) is 9.44. The fourth-order valence-corrected chi connectivity index (χ4v) is 3.18. The molecule has 1 atom stereocenters. The molecule has 1 aliphatic heterocycles. The van der Waals surface area contributed by atoms with Gasteiger partial charge in [-0.15, -0.1) is 12.3 Å². The Kier molecular flexibility index (Phi) is 6.05. The third-order valence-corrected chi connectivity index (χ3v) is 4.88. The van der Waals surface area contributed by atoms with Crippen LogP contribution in [0, 0.1) is 12.3 Å². The summed E-state index contributed by atoms with van der Waals surface area (Å²) in [5, 5.41) is 15.8. The first-order chi connectivity index (χ1) is 13.5. The van der Waals surface area contributed by atoms with Crippen molar-refractivity contribution in [2.75, 3.05) is 6.54 Å². The molecule has 0 bridgehead atoms. The third-order valence-electron chi connectivity index (χ3n) is 4.88. The van der Waals surface area contributed by atoms with Crippen LogP contribution in [0.4, 0.5) is 0 Å². The summed E-state index contributed by atoms with van der Waals surface area (Å²) in [6, 6.07) is 13.2. The highest BCUT2D eigenvalue weighted by Crippen LogP contribution is 2.35. The lowest BCUT2D eigenvalue weighted by molar-refractivity contribution is -0.128. The Balaban J connectivity index is 1.46. The van der Waals surface area contributed by atoms with E-state index < -0.39 is 11.7 Å². The Morgan fingerprint density at radius 1 is 1.14 bits per heavy atom. The van der Waals surface area contributed by atoms with Gasteiger partial charge in [0.05, 0.1) is 6.42 Å². The molecule has 0 saturated carbocycles. The van der Waals surface area contributed by atoms with Gasteiger partial charge in [0.25, 0.3) is 0 Å². The van der Waals surface area contributed by atoms with Gasteiger partial charge < -0.3 is 10.6 Å². The van der Waals surface area contributed by atoms with Crippen molar-refractivity contribution in [1.82, 2.24) is 10.6 Å². The predicted molar refractivity (Wildman–Crippen MR) is 109 cm³/mol. The van der Waals surface area contributed by atoms with E-state index >= 15 is 0 Å². The van der Waals surface area contributed by atoms with Crippen molar-refractivity contribution in [2.45, 2.75) is 44.3 Å². The van der Waals surface area contributed by atoms with Crippen molar-refractivity contribution in [3.05, 3.63) is 48.0 Å². The van der Waals surface area contributed by atoms with Gasteiger partial charge in [-0.25, -0.2) is 0 Å². The van der Waals surface area contributed by atoms with Gasteiger partial charge >= 0.3 is 0 Å². The second kappa shape index (κ2) is 8.66. The van der Waals surface area contributed by atoms with Crippen molar-refractivity contribution >= 4 is 22.6 Å². The van der Waals surface area contributed by atoms with E-state index in [4.69, 9.17) is 6.42 Å². The predicted octanol–water partition coefficient (Wildman–Crippen LogP) is 2.97. The zero-order chi connectivity index (χ0) is 20.0. The van der Waals surface area contributed by atoms with Crippen molar-refractivity contribution in [3.8, 4) is 12.3 Å². The molecule has 6 heteroatoms. The molecule has 2 aromatic rings. The number of nitrogens with one attached hydrogen (secondary N) is 2. The average molecular weight is 376 g/mol. The van der Waals surface area contributed by atoms with Crippen molar-refractivity contribution in [2.24, 2.45) is 10.2 Å². The topological polar surface area (TPSA) is 82.9 Å². The lowest BCUT2D eigenvalue weighted by atomic mass is 10.0. The van der Waals surface area contributed by atoms with Crippen LogP contribution in [0.1, 0.15) is 31.7 Å². The summed E-state index contributed by atoms with van der Waals surface area (Å²) in [6.07, 6.45) is 7.44. The van der Waals surface area contributed by atoms with Crippen LogP contribution in [0.25, 0.3) is 10.8 Å². The highest BCUT2D eigenvalue weighted by Gasteiger charge is 2.38. The van der Waals surface area contributed by atoms with E-state index in [1.807, 2.05) is 42.5 Å². The molecule has 0 aliphatic carbocycles. The van der Waals surface area contributed by atoms with E-state index in [9.17, 15) is 9.59 Å². The lowest BCUT2D eigenvalue weighted by Crippen LogP contribution is -2.46. The molecule has 6 nitrogen and oxygen atoms in total. The molecule has 0 radical (unpaired) electrons. The molecular weight excluding hydrogens is 352 g/mol. The zero-order valence-electron chi connectivity index (χ0n) is 15.9. The number of fused-ring (bicyclic) bond motifs is 1. The molecule has 1 unspecified atom stereocenters. The molecule has 0 spiro atoms. The summed E-state index contributed by atoms with van der Waals surface area (Å²) in [6.45, 7) is 2.12. The highest BCUT2D eigenvalue weighted by atomic mass is 16.2. The van der Waals surface area contributed by atoms with Gasteiger partial charge in [-0.1, -0.05) is 42.5 Å². The number of carbonyl (C=O) groups excluding carboxylic acids is 2. The largest absolute Gasteiger partial charge is 0.354 e. The third kappa shape index (κ3) is 4.95. The van der Waals surface area contributed by atoms with Gasteiger partial charge in [-0.3, -0.25) is 9.59 Å². The molecule has 1 heterocycles. The molecule has 2 amide bonds. The first-order valence-electron chi connectivity index (χ1n) is 9.44. The summed E-state index contributed by atoms with van der Waals surface area (Å²) in [5.41, 5.74) is 0.524. The molecule has 2 N–H and O–H groups in total. The smallest absolute Gasteiger partial charge is 0.242 e. The zero-order valence-corrected chi connectivity index (χ0v) is 15.9. The molecule has 3 rings (SSSR count). The lowest BCUT2D eigenvalue weighted by Gasteiger charge is -2.15. The normalized spacial score (nSPS) is 14.9.